The average Bonchev–Trinajstić information content (AvgIpc) is 3.16. The van der Waals surface area contributed by atoms with Crippen LogP contribution < -0.4 is 4.74 Å². The number of ether oxygens (including phenoxy) is 1. The third kappa shape index (κ3) is 2.26. The van der Waals surface area contributed by atoms with Gasteiger partial charge in [-0.3, -0.25) is 19.6 Å². The minimum Gasteiger partial charge on any atom is -0.497 e. The fourth-order valence-corrected chi connectivity index (χ4v) is 3.06. The highest BCUT2D eigenvalue weighted by atomic mass is 16.5. The molecule has 1 saturated heterocycles. The fourth-order valence-electron chi connectivity index (χ4n) is 3.06. The zero-order chi connectivity index (χ0) is 15.0. The molecule has 2 aliphatic rings. The molecule has 1 saturated carbocycles. The van der Waals surface area contributed by atoms with Crippen LogP contribution in [0.5, 0.6) is 5.75 Å². The number of amides is 2. The summed E-state index contributed by atoms with van der Waals surface area (Å²) in [4.78, 5) is 24.5. The lowest BCUT2D eigenvalue weighted by Crippen LogP contribution is -2.48. The molecule has 5 nitrogen and oxygen atoms in total. The number of carbonyl (C=O) groups excluding carboxylic acids is 2. The molecule has 2 fully saturated rings. The van der Waals surface area contributed by atoms with E-state index in [9.17, 15) is 9.59 Å². The van der Waals surface area contributed by atoms with E-state index in [1.165, 1.54) is 6.92 Å². The van der Waals surface area contributed by atoms with E-state index in [1.807, 2.05) is 24.3 Å². The molecule has 0 spiro atoms. The van der Waals surface area contributed by atoms with Crippen LogP contribution in [0.3, 0.4) is 0 Å². The van der Waals surface area contributed by atoms with Crippen LogP contribution in [0.4, 0.5) is 0 Å². The lowest BCUT2D eigenvalue weighted by atomic mass is 9.94. The summed E-state index contributed by atoms with van der Waals surface area (Å²) < 4.78 is 5.16. The van der Waals surface area contributed by atoms with E-state index in [0.29, 0.717) is 13.1 Å². The van der Waals surface area contributed by atoms with Crippen LogP contribution in [-0.2, 0) is 15.0 Å². The van der Waals surface area contributed by atoms with Gasteiger partial charge in [-0.2, -0.15) is 0 Å². The predicted octanol–water partition coefficient (Wildman–Crippen LogP) is 1.72. The van der Waals surface area contributed by atoms with Crippen LogP contribution in [0.1, 0.15) is 31.7 Å². The number of carbonyl (C=O) groups is 2. The molecule has 0 N–H and O–H groups in total. The summed E-state index contributed by atoms with van der Waals surface area (Å²) in [6.45, 7) is 2.79. The molecule has 3 rings (SSSR count). The summed E-state index contributed by atoms with van der Waals surface area (Å²) >= 11 is 0. The topological polar surface area (TPSA) is 49.9 Å². The second-order valence-electron chi connectivity index (χ2n) is 5.73. The molecular formula is C16H20N2O3. The lowest BCUT2D eigenvalue weighted by molar-refractivity contribution is -0.158. The van der Waals surface area contributed by atoms with Gasteiger partial charge in [-0.1, -0.05) is 12.1 Å². The van der Waals surface area contributed by atoms with E-state index >= 15 is 0 Å². The first kappa shape index (κ1) is 13.9. The zero-order valence-electron chi connectivity index (χ0n) is 12.5. The van der Waals surface area contributed by atoms with Crippen LogP contribution >= 0.6 is 0 Å². The molecule has 1 aromatic rings. The molecule has 0 radical (unpaired) electrons. The SMILES string of the molecule is COc1ccc(C2(C(=O)N3CCCN3C(C)=O)CC2)cc1. The van der Waals surface area contributed by atoms with Crippen molar-refractivity contribution in [3.8, 4) is 5.75 Å². The Kier molecular flexibility index (Phi) is 3.35. The number of hydrogen-bond donors (Lipinski definition) is 0. The van der Waals surface area contributed by atoms with Gasteiger partial charge in [0.15, 0.2) is 0 Å². The van der Waals surface area contributed by atoms with Gasteiger partial charge in [0.1, 0.15) is 5.75 Å². The quantitative estimate of drug-likeness (QED) is 0.851. The molecule has 0 atom stereocenters. The highest BCUT2D eigenvalue weighted by molar-refractivity contribution is 5.92. The summed E-state index contributed by atoms with van der Waals surface area (Å²) in [6.07, 6.45) is 2.55. The van der Waals surface area contributed by atoms with Crippen LogP contribution in [0, 0.1) is 0 Å². The Morgan fingerprint density at radius 1 is 1.10 bits per heavy atom. The summed E-state index contributed by atoms with van der Waals surface area (Å²) in [5, 5.41) is 3.21. The maximum atomic E-state index is 12.9. The van der Waals surface area contributed by atoms with E-state index in [2.05, 4.69) is 0 Å². The van der Waals surface area contributed by atoms with Crippen molar-refractivity contribution in [3.63, 3.8) is 0 Å². The predicted molar refractivity (Wildman–Crippen MR) is 77.6 cm³/mol. The largest absolute Gasteiger partial charge is 0.497 e. The Labute approximate surface area is 124 Å². The van der Waals surface area contributed by atoms with Gasteiger partial charge in [-0.15, -0.1) is 0 Å². The van der Waals surface area contributed by atoms with E-state index in [4.69, 9.17) is 4.74 Å². The van der Waals surface area contributed by atoms with E-state index < -0.39 is 5.41 Å². The van der Waals surface area contributed by atoms with Gasteiger partial charge in [0.2, 0.25) is 5.91 Å². The summed E-state index contributed by atoms with van der Waals surface area (Å²) in [5.74, 6) is 0.778. The highest BCUT2D eigenvalue weighted by Gasteiger charge is 2.54. The first-order chi connectivity index (χ1) is 10.1. The Bertz CT molecular complexity index is 563. The minimum atomic E-state index is -0.440. The molecule has 1 aromatic carbocycles. The number of hydrazine groups is 1. The van der Waals surface area contributed by atoms with E-state index in [1.54, 1.807) is 17.1 Å². The van der Waals surface area contributed by atoms with Crippen molar-refractivity contribution in [2.75, 3.05) is 20.2 Å². The Morgan fingerprint density at radius 2 is 1.71 bits per heavy atom. The third-order valence-corrected chi connectivity index (χ3v) is 4.43. The van der Waals surface area contributed by atoms with Crippen LogP contribution in [0.15, 0.2) is 24.3 Å². The van der Waals surface area contributed by atoms with E-state index in [-0.39, 0.29) is 11.8 Å². The van der Waals surface area contributed by atoms with Gasteiger partial charge < -0.3 is 4.74 Å². The molecule has 1 aliphatic heterocycles. The van der Waals surface area contributed by atoms with Crippen molar-refractivity contribution in [2.45, 2.75) is 31.6 Å². The molecule has 0 unspecified atom stereocenters. The molecular weight excluding hydrogens is 268 g/mol. The Morgan fingerprint density at radius 3 is 2.24 bits per heavy atom. The molecule has 5 heteroatoms. The number of rotatable bonds is 3. The van der Waals surface area contributed by atoms with Crippen molar-refractivity contribution < 1.29 is 14.3 Å². The number of methoxy groups -OCH3 is 1. The van der Waals surface area contributed by atoms with Crippen molar-refractivity contribution in [1.82, 2.24) is 10.0 Å². The maximum Gasteiger partial charge on any atom is 0.251 e. The van der Waals surface area contributed by atoms with Crippen LogP contribution in [0.25, 0.3) is 0 Å². The van der Waals surface area contributed by atoms with Gasteiger partial charge in [-0.05, 0) is 37.0 Å². The summed E-state index contributed by atoms with van der Waals surface area (Å²) in [5.41, 5.74) is 0.577. The number of benzene rings is 1. The fraction of sp³-hybridized carbons (Fsp3) is 0.500. The third-order valence-electron chi connectivity index (χ3n) is 4.43. The molecule has 0 bridgehead atoms. The van der Waals surface area contributed by atoms with Gasteiger partial charge >= 0.3 is 0 Å². The number of nitrogens with zero attached hydrogens (tertiary/aromatic N) is 2. The molecule has 112 valence electrons. The zero-order valence-corrected chi connectivity index (χ0v) is 12.5. The standard InChI is InChI=1S/C16H20N2O3/c1-12(19)17-10-3-11-18(17)15(20)16(8-9-16)13-4-6-14(21-2)7-5-13/h4-7H,3,8-11H2,1-2H3. The second kappa shape index (κ2) is 5.06. The van der Waals surface area contributed by atoms with Crippen molar-refractivity contribution in [2.24, 2.45) is 0 Å². The molecule has 1 heterocycles. The molecule has 21 heavy (non-hydrogen) atoms. The first-order valence-corrected chi connectivity index (χ1v) is 7.33. The summed E-state index contributed by atoms with van der Waals surface area (Å²) in [7, 11) is 1.63. The average molecular weight is 288 g/mol. The van der Waals surface area contributed by atoms with Crippen LogP contribution in [-0.4, -0.2) is 42.0 Å². The van der Waals surface area contributed by atoms with Crippen molar-refractivity contribution in [1.29, 1.82) is 0 Å². The van der Waals surface area contributed by atoms with Gasteiger partial charge in [0, 0.05) is 20.0 Å². The maximum absolute atomic E-state index is 12.9. The minimum absolute atomic E-state index is 0.0559. The van der Waals surface area contributed by atoms with Crippen molar-refractivity contribution >= 4 is 11.8 Å². The first-order valence-electron chi connectivity index (χ1n) is 7.33. The lowest BCUT2D eigenvalue weighted by Gasteiger charge is -2.30. The van der Waals surface area contributed by atoms with E-state index in [0.717, 1.165) is 30.6 Å². The Balaban J connectivity index is 1.84. The molecule has 1 aliphatic carbocycles. The van der Waals surface area contributed by atoms with Gasteiger partial charge in [-0.25, -0.2) is 0 Å². The molecule has 2 amide bonds. The monoisotopic (exact) mass is 288 g/mol. The molecule has 0 aromatic heterocycles. The second-order valence-corrected chi connectivity index (χ2v) is 5.73. The van der Waals surface area contributed by atoms with Crippen molar-refractivity contribution in [3.05, 3.63) is 29.8 Å². The van der Waals surface area contributed by atoms with Gasteiger partial charge in [0.25, 0.3) is 5.91 Å². The van der Waals surface area contributed by atoms with Crippen LogP contribution in [0.2, 0.25) is 0 Å². The summed E-state index contributed by atoms with van der Waals surface area (Å²) in [6, 6.07) is 7.68. The normalized spacial score (nSPS) is 19.5. The van der Waals surface area contributed by atoms with Gasteiger partial charge in [0.05, 0.1) is 12.5 Å². The smallest absolute Gasteiger partial charge is 0.251 e. The number of hydrogen-bond acceptors (Lipinski definition) is 3. The Hall–Kier alpha value is -2.04. The highest BCUT2D eigenvalue weighted by Crippen LogP contribution is 2.50.